The van der Waals surface area contributed by atoms with Gasteiger partial charge in [0.25, 0.3) is 10.0 Å². The summed E-state index contributed by atoms with van der Waals surface area (Å²) in [6.45, 7) is 2.40. The SMILES string of the molecule is Cc1cnc(Cl)c(NS(=O)(=O)c2ccc3c(c2)CCO3)c1. The van der Waals surface area contributed by atoms with Crippen molar-refractivity contribution < 1.29 is 13.2 Å². The van der Waals surface area contributed by atoms with Crippen molar-refractivity contribution in [2.24, 2.45) is 0 Å². The maximum absolute atomic E-state index is 12.4. The molecule has 1 N–H and O–H groups in total. The number of fused-ring (bicyclic) bond motifs is 1. The van der Waals surface area contributed by atoms with E-state index in [0.717, 1.165) is 16.9 Å². The molecular weight excluding hydrogens is 312 g/mol. The molecule has 2 heterocycles. The molecule has 0 saturated heterocycles. The summed E-state index contributed by atoms with van der Waals surface area (Å²) in [6.07, 6.45) is 2.29. The second kappa shape index (κ2) is 5.20. The standard InChI is InChI=1S/C14H13ClN2O3S/c1-9-6-12(14(15)16-8-9)17-21(18,19)11-2-3-13-10(7-11)4-5-20-13/h2-3,6-8,17H,4-5H2,1H3. The molecule has 7 heteroatoms. The predicted octanol–water partition coefficient (Wildman–Crippen LogP) is 2.78. The van der Waals surface area contributed by atoms with Crippen molar-refractivity contribution in [1.82, 2.24) is 4.98 Å². The Balaban J connectivity index is 1.95. The number of hydrogen-bond acceptors (Lipinski definition) is 4. The van der Waals surface area contributed by atoms with Crippen LogP contribution in [0.1, 0.15) is 11.1 Å². The van der Waals surface area contributed by atoms with Crippen molar-refractivity contribution in [3.63, 3.8) is 0 Å². The molecule has 2 aromatic rings. The Morgan fingerprint density at radius 1 is 1.33 bits per heavy atom. The Kier molecular flexibility index (Phi) is 3.51. The van der Waals surface area contributed by atoms with Gasteiger partial charge in [-0.3, -0.25) is 4.72 Å². The van der Waals surface area contributed by atoms with Gasteiger partial charge in [-0.1, -0.05) is 11.6 Å². The zero-order chi connectivity index (χ0) is 15.0. The first-order valence-electron chi connectivity index (χ1n) is 6.36. The zero-order valence-corrected chi connectivity index (χ0v) is 12.8. The summed E-state index contributed by atoms with van der Waals surface area (Å²) in [5, 5.41) is 0.119. The van der Waals surface area contributed by atoms with Crippen LogP contribution in [-0.2, 0) is 16.4 Å². The molecule has 21 heavy (non-hydrogen) atoms. The minimum Gasteiger partial charge on any atom is -0.493 e. The number of ether oxygens (including phenoxy) is 1. The molecule has 1 aromatic carbocycles. The van der Waals surface area contributed by atoms with E-state index in [2.05, 4.69) is 9.71 Å². The predicted molar refractivity (Wildman–Crippen MR) is 80.4 cm³/mol. The summed E-state index contributed by atoms with van der Waals surface area (Å²) in [5.74, 6) is 0.740. The number of aromatic nitrogens is 1. The number of benzene rings is 1. The summed E-state index contributed by atoms with van der Waals surface area (Å²) in [5.41, 5.74) is 1.99. The lowest BCUT2D eigenvalue weighted by Crippen LogP contribution is -2.14. The number of anilines is 1. The quantitative estimate of drug-likeness (QED) is 0.881. The molecule has 0 amide bonds. The molecule has 1 aliphatic heterocycles. The van der Waals surface area contributed by atoms with Crippen LogP contribution in [0.25, 0.3) is 0 Å². The van der Waals surface area contributed by atoms with E-state index in [9.17, 15) is 8.42 Å². The topological polar surface area (TPSA) is 68.3 Å². The fraction of sp³-hybridized carbons (Fsp3) is 0.214. The average Bonchev–Trinajstić information content (AvgIpc) is 2.90. The summed E-state index contributed by atoms with van der Waals surface area (Å²) in [7, 11) is -3.70. The number of sulfonamides is 1. The van der Waals surface area contributed by atoms with E-state index in [0.29, 0.717) is 13.0 Å². The molecule has 5 nitrogen and oxygen atoms in total. The number of rotatable bonds is 3. The van der Waals surface area contributed by atoms with Gasteiger partial charge in [-0.05, 0) is 42.3 Å². The smallest absolute Gasteiger partial charge is 0.262 e. The summed E-state index contributed by atoms with van der Waals surface area (Å²) in [6, 6.07) is 6.46. The number of hydrogen-bond donors (Lipinski definition) is 1. The van der Waals surface area contributed by atoms with Crippen molar-refractivity contribution >= 4 is 27.3 Å². The van der Waals surface area contributed by atoms with Gasteiger partial charge in [0.1, 0.15) is 5.75 Å². The van der Waals surface area contributed by atoms with Gasteiger partial charge >= 0.3 is 0 Å². The van der Waals surface area contributed by atoms with Crippen molar-refractivity contribution in [3.8, 4) is 5.75 Å². The molecule has 0 spiro atoms. The number of aryl methyl sites for hydroxylation is 1. The van der Waals surface area contributed by atoms with Gasteiger partial charge in [0.05, 0.1) is 17.2 Å². The van der Waals surface area contributed by atoms with Gasteiger partial charge < -0.3 is 4.74 Å². The van der Waals surface area contributed by atoms with Crippen LogP contribution >= 0.6 is 11.6 Å². The monoisotopic (exact) mass is 324 g/mol. The fourth-order valence-corrected chi connectivity index (χ4v) is 3.47. The first-order chi connectivity index (χ1) is 9.95. The molecule has 0 fully saturated rings. The molecule has 1 aromatic heterocycles. The highest BCUT2D eigenvalue weighted by atomic mass is 35.5. The van der Waals surface area contributed by atoms with Gasteiger partial charge in [0.15, 0.2) is 5.15 Å². The van der Waals surface area contributed by atoms with E-state index in [1.165, 1.54) is 6.07 Å². The van der Waals surface area contributed by atoms with Gasteiger partial charge in [-0.25, -0.2) is 13.4 Å². The van der Waals surface area contributed by atoms with Crippen LogP contribution in [0.4, 0.5) is 5.69 Å². The lowest BCUT2D eigenvalue weighted by atomic mass is 10.2. The Hall–Kier alpha value is -1.79. The second-order valence-corrected chi connectivity index (χ2v) is 6.86. The average molecular weight is 325 g/mol. The molecule has 0 aliphatic carbocycles. The molecular formula is C14H13ClN2O3S. The lowest BCUT2D eigenvalue weighted by Gasteiger charge is -2.10. The maximum atomic E-state index is 12.4. The number of halogens is 1. The second-order valence-electron chi connectivity index (χ2n) is 4.82. The fourth-order valence-electron chi connectivity index (χ4n) is 2.16. The molecule has 1 aliphatic rings. The maximum Gasteiger partial charge on any atom is 0.262 e. The van der Waals surface area contributed by atoms with Gasteiger partial charge in [-0.15, -0.1) is 0 Å². The third kappa shape index (κ3) is 2.82. The Labute approximate surface area is 128 Å². The van der Waals surface area contributed by atoms with Crippen LogP contribution in [-0.4, -0.2) is 20.0 Å². The third-order valence-electron chi connectivity index (χ3n) is 3.19. The molecule has 0 saturated carbocycles. The minimum atomic E-state index is -3.70. The van der Waals surface area contributed by atoms with E-state index in [1.54, 1.807) is 24.4 Å². The van der Waals surface area contributed by atoms with Crippen LogP contribution in [0.2, 0.25) is 5.15 Å². The Bertz CT molecular complexity index is 806. The van der Waals surface area contributed by atoms with Gasteiger partial charge in [0, 0.05) is 12.6 Å². The first kappa shape index (κ1) is 14.2. The van der Waals surface area contributed by atoms with Crippen molar-refractivity contribution in [2.75, 3.05) is 11.3 Å². The molecule has 3 rings (SSSR count). The molecule has 110 valence electrons. The van der Waals surface area contributed by atoms with Crippen molar-refractivity contribution in [2.45, 2.75) is 18.2 Å². The number of pyridine rings is 1. The Morgan fingerprint density at radius 3 is 2.95 bits per heavy atom. The van der Waals surface area contributed by atoms with E-state index in [-0.39, 0.29) is 15.7 Å². The van der Waals surface area contributed by atoms with Crippen LogP contribution in [0.15, 0.2) is 35.4 Å². The van der Waals surface area contributed by atoms with E-state index in [1.807, 2.05) is 6.92 Å². The van der Waals surface area contributed by atoms with Crippen LogP contribution in [0, 0.1) is 6.92 Å². The minimum absolute atomic E-state index is 0.119. The highest BCUT2D eigenvalue weighted by Crippen LogP contribution is 2.29. The largest absolute Gasteiger partial charge is 0.493 e. The van der Waals surface area contributed by atoms with Gasteiger partial charge in [-0.2, -0.15) is 0 Å². The van der Waals surface area contributed by atoms with E-state index < -0.39 is 10.0 Å². The summed E-state index contributed by atoms with van der Waals surface area (Å²) < 4.78 is 32.7. The van der Waals surface area contributed by atoms with Crippen molar-refractivity contribution in [1.29, 1.82) is 0 Å². The normalized spacial score (nSPS) is 13.6. The van der Waals surface area contributed by atoms with Crippen molar-refractivity contribution in [3.05, 3.63) is 46.7 Å². The zero-order valence-electron chi connectivity index (χ0n) is 11.3. The van der Waals surface area contributed by atoms with Crippen LogP contribution < -0.4 is 9.46 Å². The van der Waals surface area contributed by atoms with Crippen LogP contribution in [0.3, 0.4) is 0 Å². The van der Waals surface area contributed by atoms with E-state index >= 15 is 0 Å². The molecule has 0 bridgehead atoms. The molecule has 0 unspecified atom stereocenters. The highest BCUT2D eigenvalue weighted by Gasteiger charge is 2.20. The Morgan fingerprint density at radius 2 is 2.14 bits per heavy atom. The first-order valence-corrected chi connectivity index (χ1v) is 8.22. The van der Waals surface area contributed by atoms with E-state index in [4.69, 9.17) is 16.3 Å². The highest BCUT2D eigenvalue weighted by molar-refractivity contribution is 7.92. The summed E-state index contributed by atoms with van der Waals surface area (Å²) in [4.78, 5) is 4.12. The number of nitrogens with zero attached hydrogens (tertiary/aromatic N) is 1. The third-order valence-corrected chi connectivity index (χ3v) is 4.86. The summed E-state index contributed by atoms with van der Waals surface area (Å²) >= 11 is 5.93. The van der Waals surface area contributed by atoms with Gasteiger partial charge in [0.2, 0.25) is 0 Å². The van der Waals surface area contributed by atoms with Crippen LogP contribution in [0.5, 0.6) is 5.75 Å². The molecule has 0 atom stereocenters. The lowest BCUT2D eigenvalue weighted by molar-refractivity contribution is 0.356. The number of nitrogens with one attached hydrogen (secondary N) is 1. The molecule has 0 radical (unpaired) electrons.